The summed E-state index contributed by atoms with van der Waals surface area (Å²) in [4.78, 5) is 25.3. The molecule has 0 atom stereocenters. The van der Waals surface area contributed by atoms with E-state index >= 15 is 0 Å². The first-order valence-corrected chi connectivity index (χ1v) is 7.20. The van der Waals surface area contributed by atoms with Gasteiger partial charge < -0.3 is 15.0 Å². The first-order chi connectivity index (χ1) is 10.2. The Bertz CT molecular complexity index is 659. The lowest BCUT2D eigenvalue weighted by molar-refractivity contribution is -0.121. The number of amides is 2. The van der Waals surface area contributed by atoms with Gasteiger partial charge in [0.15, 0.2) is 6.61 Å². The van der Waals surface area contributed by atoms with Crippen LogP contribution in [0.2, 0.25) is 0 Å². The second-order valence-corrected chi connectivity index (χ2v) is 5.18. The monoisotopic (exact) mass is 304 g/mol. The molecular formula is C13H12N4O3S. The Morgan fingerprint density at radius 3 is 3.10 bits per heavy atom. The Balaban J connectivity index is 1.64. The van der Waals surface area contributed by atoms with Gasteiger partial charge in [0.05, 0.1) is 5.69 Å². The minimum Gasteiger partial charge on any atom is -0.482 e. The highest BCUT2D eigenvalue weighted by atomic mass is 32.1. The van der Waals surface area contributed by atoms with Gasteiger partial charge in [-0.3, -0.25) is 9.59 Å². The van der Waals surface area contributed by atoms with Crippen LogP contribution in [0.1, 0.15) is 6.42 Å². The molecule has 0 radical (unpaired) electrons. The number of rotatable bonds is 4. The SMILES string of the molecule is O=C(CCN1C(=O)COc2ccccc21)Nc1nncs1. The molecule has 8 heteroatoms. The molecule has 3 rings (SSSR count). The van der Waals surface area contributed by atoms with E-state index in [2.05, 4.69) is 15.5 Å². The highest BCUT2D eigenvalue weighted by molar-refractivity contribution is 7.13. The van der Waals surface area contributed by atoms with Crippen molar-refractivity contribution >= 4 is 34.0 Å². The van der Waals surface area contributed by atoms with E-state index < -0.39 is 0 Å². The summed E-state index contributed by atoms with van der Waals surface area (Å²) in [5.74, 6) is 0.294. The number of carbonyl (C=O) groups excluding carboxylic acids is 2. The van der Waals surface area contributed by atoms with Gasteiger partial charge in [-0.2, -0.15) is 0 Å². The number of anilines is 2. The van der Waals surface area contributed by atoms with Crippen molar-refractivity contribution in [1.29, 1.82) is 0 Å². The topological polar surface area (TPSA) is 84.4 Å². The lowest BCUT2D eigenvalue weighted by atomic mass is 10.2. The van der Waals surface area contributed by atoms with E-state index in [1.807, 2.05) is 12.1 Å². The summed E-state index contributed by atoms with van der Waals surface area (Å²) in [6.07, 6.45) is 0.180. The number of nitrogens with zero attached hydrogens (tertiary/aromatic N) is 3. The van der Waals surface area contributed by atoms with Crippen LogP contribution in [0.3, 0.4) is 0 Å². The quantitative estimate of drug-likeness (QED) is 0.920. The molecular weight excluding hydrogens is 292 g/mol. The van der Waals surface area contributed by atoms with E-state index in [0.29, 0.717) is 23.1 Å². The molecule has 0 saturated carbocycles. The number of benzene rings is 1. The molecule has 2 heterocycles. The first kappa shape index (κ1) is 13.5. The van der Waals surface area contributed by atoms with E-state index in [9.17, 15) is 9.59 Å². The highest BCUT2D eigenvalue weighted by Crippen LogP contribution is 2.31. The summed E-state index contributed by atoms with van der Waals surface area (Å²) < 4.78 is 5.35. The summed E-state index contributed by atoms with van der Waals surface area (Å²) in [6, 6.07) is 7.27. The zero-order valence-corrected chi connectivity index (χ0v) is 11.8. The maximum absolute atomic E-state index is 11.9. The summed E-state index contributed by atoms with van der Waals surface area (Å²) in [5.41, 5.74) is 2.23. The lowest BCUT2D eigenvalue weighted by Gasteiger charge is -2.29. The van der Waals surface area contributed by atoms with Gasteiger partial charge in [0.1, 0.15) is 11.3 Å². The molecule has 2 amide bonds. The van der Waals surface area contributed by atoms with Crippen LogP contribution >= 0.6 is 11.3 Å². The van der Waals surface area contributed by atoms with Crippen LogP contribution < -0.4 is 15.0 Å². The van der Waals surface area contributed by atoms with Crippen LogP contribution in [-0.2, 0) is 9.59 Å². The zero-order chi connectivity index (χ0) is 14.7. The van der Waals surface area contributed by atoms with Crippen LogP contribution in [0.15, 0.2) is 29.8 Å². The Hall–Kier alpha value is -2.48. The Kier molecular flexibility index (Phi) is 3.78. The van der Waals surface area contributed by atoms with Crippen molar-refractivity contribution in [2.75, 3.05) is 23.4 Å². The van der Waals surface area contributed by atoms with E-state index in [0.717, 1.165) is 0 Å². The molecule has 0 unspecified atom stereocenters. The van der Waals surface area contributed by atoms with Crippen LogP contribution in [0.4, 0.5) is 10.8 Å². The predicted octanol–water partition coefficient (Wildman–Crippen LogP) is 1.29. The van der Waals surface area contributed by atoms with Crippen LogP contribution in [-0.4, -0.2) is 35.2 Å². The molecule has 2 aromatic rings. The number of hydrogen-bond donors (Lipinski definition) is 1. The summed E-state index contributed by atoms with van der Waals surface area (Å²) in [7, 11) is 0. The summed E-state index contributed by atoms with van der Waals surface area (Å²) in [5, 5.41) is 10.5. The molecule has 0 fully saturated rings. The van der Waals surface area contributed by atoms with Gasteiger partial charge in [-0.05, 0) is 12.1 Å². The van der Waals surface area contributed by atoms with Crippen molar-refractivity contribution < 1.29 is 14.3 Å². The van der Waals surface area contributed by atoms with Crippen molar-refractivity contribution in [3.63, 3.8) is 0 Å². The normalized spacial score (nSPS) is 13.5. The Labute approximate surface area is 124 Å². The molecule has 0 saturated heterocycles. The van der Waals surface area contributed by atoms with Gasteiger partial charge in [-0.25, -0.2) is 0 Å². The van der Waals surface area contributed by atoms with Gasteiger partial charge in [0.2, 0.25) is 11.0 Å². The molecule has 0 bridgehead atoms. The van der Waals surface area contributed by atoms with Crippen LogP contribution in [0, 0.1) is 0 Å². The average molecular weight is 304 g/mol. The van der Waals surface area contributed by atoms with Crippen molar-refractivity contribution in [2.45, 2.75) is 6.42 Å². The third-order valence-corrected chi connectivity index (χ3v) is 3.58. The minimum atomic E-state index is -0.205. The van der Waals surface area contributed by atoms with Crippen LogP contribution in [0.5, 0.6) is 5.75 Å². The largest absolute Gasteiger partial charge is 0.482 e. The average Bonchev–Trinajstić information content (AvgIpc) is 2.99. The molecule has 21 heavy (non-hydrogen) atoms. The van der Waals surface area contributed by atoms with Crippen molar-refractivity contribution in [2.24, 2.45) is 0 Å². The van der Waals surface area contributed by atoms with Gasteiger partial charge >= 0.3 is 0 Å². The number of ether oxygens (including phenoxy) is 1. The molecule has 1 N–H and O–H groups in total. The highest BCUT2D eigenvalue weighted by Gasteiger charge is 2.25. The maximum atomic E-state index is 11.9. The third-order valence-electron chi connectivity index (χ3n) is 2.98. The standard InChI is InChI=1S/C13H12N4O3S/c18-11(15-13-16-14-8-21-13)5-6-17-9-3-1-2-4-10(9)20-7-12(17)19/h1-4,8H,5-7H2,(H,15,16,18). The Morgan fingerprint density at radius 1 is 1.43 bits per heavy atom. The van der Waals surface area contributed by atoms with E-state index in [4.69, 9.17) is 4.74 Å². The third kappa shape index (κ3) is 3.00. The zero-order valence-electron chi connectivity index (χ0n) is 11.0. The van der Waals surface area contributed by atoms with Gasteiger partial charge in [-0.1, -0.05) is 23.5 Å². The number of carbonyl (C=O) groups is 2. The van der Waals surface area contributed by atoms with Crippen molar-refractivity contribution in [3.05, 3.63) is 29.8 Å². The molecule has 7 nitrogen and oxygen atoms in total. The van der Waals surface area contributed by atoms with E-state index in [1.165, 1.54) is 16.8 Å². The maximum Gasteiger partial charge on any atom is 0.265 e. The number of nitrogens with one attached hydrogen (secondary N) is 1. The number of para-hydroxylation sites is 2. The molecule has 1 aliphatic rings. The first-order valence-electron chi connectivity index (χ1n) is 6.32. The lowest BCUT2D eigenvalue weighted by Crippen LogP contribution is -2.40. The molecule has 1 aliphatic heterocycles. The molecule has 1 aromatic carbocycles. The fourth-order valence-electron chi connectivity index (χ4n) is 2.02. The predicted molar refractivity (Wildman–Crippen MR) is 77.4 cm³/mol. The van der Waals surface area contributed by atoms with Crippen LogP contribution in [0.25, 0.3) is 0 Å². The smallest absolute Gasteiger partial charge is 0.265 e. The fourth-order valence-corrected chi connectivity index (χ4v) is 2.48. The molecule has 1 aromatic heterocycles. The molecule has 108 valence electrons. The fraction of sp³-hybridized carbons (Fsp3) is 0.231. The van der Waals surface area contributed by atoms with Crippen molar-refractivity contribution in [1.82, 2.24) is 10.2 Å². The molecule has 0 aliphatic carbocycles. The van der Waals surface area contributed by atoms with Gasteiger partial charge in [-0.15, -0.1) is 10.2 Å². The summed E-state index contributed by atoms with van der Waals surface area (Å²) in [6.45, 7) is 0.291. The number of hydrogen-bond acceptors (Lipinski definition) is 6. The molecule has 0 spiro atoms. The van der Waals surface area contributed by atoms with Gasteiger partial charge in [0.25, 0.3) is 5.91 Å². The van der Waals surface area contributed by atoms with E-state index in [-0.39, 0.29) is 24.8 Å². The number of aromatic nitrogens is 2. The second kappa shape index (κ2) is 5.88. The summed E-state index contributed by atoms with van der Waals surface area (Å²) >= 11 is 1.25. The minimum absolute atomic E-state index is 0.00493. The van der Waals surface area contributed by atoms with Crippen molar-refractivity contribution in [3.8, 4) is 5.75 Å². The number of fused-ring (bicyclic) bond motifs is 1. The Morgan fingerprint density at radius 2 is 2.29 bits per heavy atom. The van der Waals surface area contributed by atoms with E-state index in [1.54, 1.807) is 17.0 Å². The second-order valence-electron chi connectivity index (χ2n) is 4.34. The van der Waals surface area contributed by atoms with Gasteiger partial charge in [0, 0.05) is 13.0 Å².